The quantitative estimate of drug-likeness (QED) is 0.775. The molecule has 136 valence electrons. The van der Waals surface area contributed by atoms with Gasteiger partial charge in [0, 0.05) is 37.5 Å². The summed E-state index contributed by atoms with van der Waals surface area (Å²) >= 11 is 0. The van der Waals surface area contributed by atoms with Crippen LogP contribution in [0.2, 0.25) is 0 Å². The third-order valence-corrected chi connectivity index (χ3v) is 4.71. The third-order valence-electron chi connectivity index (χ3n) is 4.71. The molecular weight excluding hydrogens is 343 g/mol. The maximum atomic E-state index is 14.2. The van der Waals surface area contributed by atoms with E-state index in [1.165, 1.54) is 12.1 Å². The number of halogens is 1. The molecule has 2 aromatic carbocycles. The SMILES string of the molecule is N#Cc1ccc(-c2cccc(CC3CNCCO3)c2-n2cccn2)cc1F. The molecule has 1 unspecified atom stereocenters. The third kappa shape index (κ3) is 3.61. The Hall–Kier alpha value is -3.01. The molecule has 1 aromatic heterocycles. The second-order valence-electron chi connectivity index (χ2n) is 6.47. The van der Waals surface area contributed by atoms with Gasteiger partial charge < -0.3 is 10.1 Å². The average Bonchev–Trinajstić information content (AvgIpc) is 3.23. The van der Waals surface area contributed by atoms with Crippen LogP contribution in [0.4, 0.5) is 4.39 Å². The standard InChI is InChI=1S/C21H19FN4O/c22-20-12-15(5-6-17(20)13-23)19-4-1-3-16(11-18-14-24-8-10-27-18)21(19)26-9-2-7-25-26/h1-7,9,12,18,24H,8,10-11,14H2. The lowest BCUT2D eigenvalue weighted by Gasteiger charge is -2.25. The van der Waals surface area contributed by atoms with E-state index in [-0.39, 0.29) is 11.7 Å². The Morgan fingerprint density at radius 3 is 2.93 bits per heavy atom. The molecular formula is C21H19FN4O. The topological polar surface area (TPSA) is 62.9 Å². The molecule has 0 spiro atoms. The molecule has 0 bridgehead atoms. The van der Waals surface area contributed by atoms with Crippen LogP contribution in [0.15, 0.2) is 54.9 Å². The molecule has 3 aromatic rings. The van der Waals surface area contributed by atoms with Crippen molar-refractivity contribution >= 4 is 0 Å². The van der Waals surface area contributed by atoms with Gasteiger partial charge in [0.15, 0.2) is 0 Å². The van der Waals surface area contributed by atoms with Crippen LogP contribution in [-0.2, 0) is 11.2 Å². The lowest BCUT2D eigenvalue weighted by molar-refractivity contribution is 0.0292. The van der Waals surface area contributed by atoms with Gasteiger partial charge in [0.25, 0.3) is 0 Å². The summed E-state index contributed by atoms with van der Waals surface area (Å²) in [4.78, 5) is 0. The van der Waals surface area contributed by atoms with Gasteiger partial charge >= 0.3 is 0 Å². The Bertz CT molecular complexity index is 972. The van der Waals surface area contributed by atoms with E-state index in [2.05, 4.69) is 16.5 Å². The molecule has 0 aliphatic carbocycles. The number of morpholine rings is 1. The van der Waals surface area contributed by atoms with E-state index in [0.29, 0.717) is 12.2 Å². The summed E-state index contributed by atoms with van der Waals surface area (Å²) in [5, 5.41) is 16.7. The van der Waals surface area contributed by atoms with Crippen molar-refractivity contribution in [2.75, 3.05) is 19.7 Å². The van der Waals surface area contributed by atoms with E-state index in [4.69, 9.17) is 10.00 Å². The molecule has 27 heavy (non-hydrogen) atoms. The smallest absolute Gasteiger partial charge is 0.141 e. The van der Waals surface area contributed by atoms with Gasteiger partial charge in [-0.15, -0.1) is 0 Å². The van der Waals surface area contributed by atoms with Gasteiger partial charge in [0.2, 0.25) is 0 Å². The molecule has 6 heteroatoms. The minimum absolute atomic E-state index is 0.0391. The zero-order chi connectivity index (χ0) is 18.6. The predicted molar refractivity (Wildman–Crippen MR) is 100.0 cm³/mol. The highest BCUT2D eigenvalue weighted by Crippen LogP contribution is 2.31. The normalized spacial score (nSPS) is 16.8. The minimum atomic E-state index is -0.522. The average molecular weight is 362 g/mol. The van der Waals surface area contributed by atoms with Crippen molar-refractivity contribution in [1.29, 1.82) is 5.26 Å². The van der Waals surface area contributed by atoms with E-state index in [1.807, 2.05) is 30.5 Å². The van der Waals surface area contributed by atoms with E-state index in [9.17, 15) is 4.39 Å². The molecule has 0 amide bonds. The van der Waals surface area contributed by atoms with Gasteiger partial charge in [0.1, 0.15) is 11.9 Å². The second-order valence-corrected chi connectivity index (χ2v) is 6.47. The lowest BCUT2D eigenvalue weighted by Crippen LogP contribution is -2.39. The molecule has 1 fully saturated rings. The fourth-order valence-electron chi connectivity index (χ4n) is 3.43. The van der Waals surface area contributed by atoms with E-state index in [1.54, 1.807) is 16.9 Å². The van der Waals surface area contributed by atoms with Gasteiger partial charge in [-0.2, -0.15) is 10.4 Å². The van der Waals surface area contributed by atoms with Crippen molar-refractivity contribution in [2.24, 2.45) is 0 Å². The number of benzene rings is 2. The predicted octanol–water partition coefficient (Wildman–Crippen LogP) is 3.08. The minimum Gasteiger partial charge on any atom is -0.375 e. The number of rotatable bonds is 4. The number of nitrogens with zero attached hydrogens (tertiary/aromatic N) is 3. The van der Waals surface area contributed by atoms with Gasteiger partial charge in [-0.25, -0.2) is 9.07 Å². The summed E-state index contributed by atoms with van der Waals surface area (Å²) in [5.41, 5.74) is 3.59. The highest BCUT2D eigenvalue weighted by atomic mass is 19.1. The summed E-state index contributed by atoms with van der Waals surface area (Å²) in [7, 11) is 0. The Morgan fingerprint density at radius 2 is 2.22 bits per heavy atom. The molecule has 0 saturated carbocycles. The molecule has 1 aliphatic heterocycles. The van der Waals surface area contributed by atoms with Crippen molar-refractivity contribution in [3.05, 3.63) is 71.8 Å². The Labute approximate surface area is 157 Å². The molecule has 4 rings (SSSR count). The van der Waals surface area contributed by atoms with Gasteiger partial charge in [-0.3, -0.25) is 0 Å². The molecule has 0 radical (unpaired) electrons. The van der Waals surface area contributed by atoms with Crippen molar-refractivity contribution in [3.8, 4) is 22.9 Å². The van der Waals surface area contributed by atoms with Crippen LogP contribution in [0, 0.1) is 17.1 Å². The number of aromatic nitrogens is 2. The molecule has 1 aliphatic rings. The zero-order valence-electron chi connectivity index (χ0n) is 14.7. The van der Waals surface area contributed by atoms with Crippen molar-refractivity contribution < 1.29 is 9.13 Å². The zero-order valence-corrected chi connectivity index (χ0v) is 14.7. The van der Waals surface area contributed by atoms with Gasteiger partial charge in [-0.05, 0) is 29.3 Å². The Kier molecular flexibility index (Phi) is 4.97. The number of ether oxygens (including phenoxy) is 1. The summed E-state index contributed by atoms with van der Waals surface area (Å²) in [6.07, 6.45) is 4.41. The summed E-state index contributed by atoms with van der Waals surface area (Å²) < 4.78 is 21.9. The largest absolute Gasteiger partial charge is 0.375 e. The molecule has 1 atom stereocenters. The first-order valence-electron chi connectivity index (χ1n) is 8.90. The lowest BCUT2D eigenvalue weighted by atomic mass is 9.96. The molecule has 1 N–H and O–H groups in total. The van der Waals surface area contributed by atoms with Crippen LogP contribution in [0.3, 0.4) is 0 Å². The maximum absolute atomic E-state index is 14.2. The van der Waals surface area contributed by atoms with Crippen molar-refractivity contribution in [2.45, 2.75) is 12.5 Å². The molecule has 5 nitrogen and oxygen atoms in total. The summed E-state index contributed by atoms with van der Waals surface area (Å²) in [6.45, 7) is 2.36. The van der Waals surface area contributed by atoms with Gasteiger partial charge in [0.05, 0.1) is 24.0 Å². The highest BCUT2D eigenvalue weighted by molar-refractivity contribution is 5.75. The maximum Gasteiger partial charge on any atom is 0.141 e. The first-order chi connectivity index (χ1) is 13.3. The first kappa shape index (κ1) is 17.4. The van der Waals surface area contributed by atoms with E-state index >= 15 is 0 Å². The summed E-state index contributed by atoms with van der Waals surface area (Å²) in [6, 6.07) is 14.4. The van der Waals surface area contributed by atoms with Crippen LogP contribution < -0.4 is 5.32 Å². The monoisotopic (exact) mass is 362 g/mol. The number of nitrogens with one attached hydrogen (secondary N) is 1. The fraction of sp³-hybridized carbons (Fsp3) is 0.238. The van der Waals surface area contributed by atoms with E-state index in [0.717, 1.165) is 36.3 Å². The number of nitriles is 1. The van der Waals surface area contributed by atoms with E-state index < -0.39 is 5.82 Å². The van der Waals surface area contributed by atoms with Crippen molar-refractivity contribution in [1.82, 2.24) is 15.1 Å². The second kappa shape index (κ2) is 7.70. The Balaban J connectivity index is 1.80. The number of hydrogen-bond acceptors (Lipinski definition) is 4. The van der Waals surface area contributed by atoms with Gasteiger partial charge in [-0.1, -0.05) is 24.3 Å². The highest BCUT2D eigenvalue weighted by Gasteiger charge is 2.19. The number of hydrogen-bond donors (Lipinski definition) is 1. The fourth-order valence-corrected chi connectivity index (χ4v) is 3.43. The van der Waals surface area contributed by atoms with Crippen molar-refractivity contribution in [3.63, 3.8) is 0 Å². The van der Waals surface area contributed by atoms with Crippen LogP contribution in [-0.4, -0.2) is 35.6 Å². The van der Waals surface area contributed by atoms with Crippen LogP contribution in [0.25, 0.3) is 16.8 Å². The Morgan fingerprint density at radius 1 is 1.30 bits per heavy atom. The summed E-state index contributed by atoms with van der Waals surface area (Å²) in [5.74, 6) is -0.522. The molecule has 1 saturated heterocycles. The number of para-hydroxylation sites is 1. The molecule has 2 heterocycles. The van der Waals surface area contributed by atoms with Crippen LogP contribution >= 0.6 is 0 Å². The van der Waals surface area contributed by atoms with Crippen LogP contribution in [0.5, 0.6) is 0 Å². The van der Waals surface area contributed by atoms with Crippen LogP contribution in [0.1, 0.15) is 11.1 Å². The first-order valence-corrected chi connectivity index (χ1v) is 8.90.